The number of hydrogen-bond donors (Lipinski definition) is 4. The van der Waals surface area contributed by atoms with E-state index in [1.165, 1.54) is 0 Å². The molecule has 22 heavy (non-hydrogen) atoms. The van der Waals surface area contributed by atoms with Crippen molar-refractivity contribution >= 4 is 10.9 Å². The largest absolute Gasteiger partial charge is 0.395 e. The van der Waals surface area contributed by atoms with E-state index in [1.807, 2.05) is 30.5 Å². The minimum absolute atomic E-state index is 0.0233. The van der Waals surface area contributed by atoms with Gasteiger partial charge in [-0.15, -0.1) is 0 Å². The Bertz CT molecular complexity index is 624. The van der Waals surface area contributed by atoms with E-state index < -0.39 is 0 Å². The highest BCUT2D eigenvalue weighted by Crippen LogP contribution is 2.38. The van der Waals surface area contributed by atoms with Gasteiger partial charge in [-0.25, -0.2) is 0 Å². The number of pyridine rings is 1. The minimum Gasteiger partial charge on any atom is -0.395 e. The summed E-state index contributed by atoms with van der Waals surface area (Å²) in [5.41, 5.74) is 1.97. The van der Waals surface area contributed by atoms with Gasteiger partial charge in [-0.1, -0.05) is 18.2 Å². The zero-order valence-electron chi connectivity index (χ0n) is 12.4. The first kappa shape index (κ1) is 15.4. The van der Waals surface area contributed by atoms with Crippen molar-refractivity contribution < 1.29 is 15.3 Å². The molecule has 2 aromatic rings. The topological polar surface area (TPSA) is 85.6 Å². The molecule has 1 aromatic carbocycles. The number of rotatable bonds is 6. The fraction of sp³-hybridized carbons (Fsp3) is 0.471. The van der Waals surface area contributed by atoms with Gasteiger partial charge in [0.05, 0.1) is 30.9 Å². The van der Waals surface area contributed by atoms with Gasteiger partial charge in [-0.3, -0.25) is 4.98 Å². The third-order valence-electron chi connectivity index (χ3n) is 4.45. The predicted molar refractivity (Wildman–Crippen MR) is 84.3 cm³/mol. The molecular formula is C17H22N2O3. The van der Waals surface area contributed by atoms with Crippen LogP contribution in [0.1, 0.15) is 24.4 Å². The van der Waals surface area contributed by atoms with E-state index in [2.05, 4.69) is 16.4 Å². The number of nitrogens with one attached hydrogen (secondary N) is 1. The molecule has 0 unspecified atom stereocenters. The zero-order chi connectivity index (χ0) is 15.5. The van der Waals surface area contributed by atoms with Crippen molar-refractivity contribution in [3.05, 3.63) is 42.1 Å². The predicted octanol–water partition coefficient (Wildman–Crippen LogP) is 0.990. The first-order valence-electron chi connectivity index (χ1n) is 7.71. The summed E-state index contributed by atoms with van der Waals surface area (Å²) in [6.07, 6.45) is 3.06. The van der Waals surface area contributed by atoms with Gasteiger partial charge in [-0.2, -0.15) is 0 Å². The van der Waals surface area contributed by atoms with Crippen LogP contribution in [-0.4, -0.2) is 45.7 Å². The first-order valence-corrected chi connectivity index (χ1v) is 7.71. The number of hydrogen-bond acceptors (Lipinski definition) is 5. The number of para-hydroxylation sites is 1. The number of aliphatic hydroxyl groups is 3. The van der Waals surface area contributed by atoms with Crippen LogP contribution < -0.4 is 5.32 Å². The van der Waals surface area contributed by atoms with Crippen LogP contribution in [0.2, 0.25) is 0 Å². The van der Waals surface area contributed by atoms with Gasteiger partial charge in [0.2, 0.25) is 0 Å². The maximum absolute atomic E-state index is 9.59. The Kier molecular flexibility index (Phi) is 4.69. The van der Waals surface area contributed by atoms with E-state index in [4.69, 9.17) is 0 Å². The van der Waals surface area contributed by atoms with Crippen LogP contribution in [0.4, 0.5) is 0 Å². The molecule has 0 bridgehead atoms. The van der Waals surface area contributed by atoms with Crippen LogP contribution in [0.15, 0.2) is 36.5 Å². The summed E-state index contributed by atoms with van der Waals surface area (Å²) in [6, 6.07) is 9.64. The van der Waals surface area contributed by atoms with Crippen molar-refractivity contribution in [2.75, 3.05) is 13.2 Å². The first-order chi connectivity index (χ1) is 10.7. The van der Waals surface area contributed by atoms with Gasteiger partial charge in [0.1, 0.15) is 0 Å². The summed E-state index contributed by atoms with van der Waals surface area (Å²) < 4.78 is 0. The van der Waals surface area contributed by atoms with Crippen LogP contribution in [-0.2, 0) is 0 Å². The number of nitrogens with zero attached hydrogens (tertiary/aromatic N) is 1. The normalized spacial score (nSPS) is 22.7. The van der Waals surface area contributed by atoms with Crippen LogP contribution in [0.25, 0.3) is 10.9 Å². The summed E-state index contributed by atoms with van der Waals surface area (Å²) in [5, 5.41) is 32.6. The number of aromatic nitrogens is 1. The van der Waals surface area contributed by atoms with Crippen molar-refractivity contribution in [2.24, 2.45) is 5.92 Å². The van der Waals surface area contributed by atoms with Gasteiger partial charge in [-0.05, 0) is 36.5 Å². The molecule has 1 aliphatic carbocycles. The maximum atomic E-state index is 9.59. The highest BCUT2D eigenvalue weighted by molar-refractivity contribution is 5.78. The van der Waals surface area contributed by atoms with Crippen molar-refractivity contribution in [3.8, 4) is 0 Å². The number of benzene rings is 1. The fourth-order valence-electron chi connectivity index (χ4n) is 3.08. The molecule has 118 valence electrons. The van der Waals surface area contributed by atoms with Crippen LogP contribution >= 0.6 is 0 Å². The summed E-state index contributed by atoms with van der Waals surface area (Å²) in [4.78, 5) is 4.49. The molecule has 0 amide bonds. The molecule has 1 aromatic heterocycles. The van der Waals surface area contributed by atoms with Crippen LogP contribution in [0.5, 0.6) is 0 Å². The second-order valence-corrected chi connectivity index (χ2v) is 6.05. The van der Waals surface area contributed by atoms with Crippen LogP contribution in [0, 0.1) is 5.92 Å². The molecule has 5 heteroatoms. The Morgan fingerprint density at radius 2 is 1.91 bits per heavy atom. The van der Waals surface area contributed by atoms with Gasteiger partial charge >= 0.3 is 0 Å². The molecule has 1 heterocycles. The van der Waals surface area contributed by atoms with E-state index in [9.17, 15) is 15.3 Å². The Morgan fingerprint density at radius 1 is 1.18 bits per heavy atom. The van der Waals surface area contributed by atoms with Crippen molar-refractivity contribution in [1.29, 1.82) is 0 Å². The standard InChI is InChI=1S/C17H22N2O3/c20-9-14(10-21)19-17(12-6-15(22)7-12)13-5-11-3-1-2-4-16(11)18-8-13/h1-5,8,12,14-15,17,19-22H,6-7,9-10H2/t12?,15?,17-/m1/s1. The zero-order valence-corrected chi connectivity index (χ0v) is 12.4. The third-order valence-corrected chi connectivity index (χ3v) is 4.45. The molecule has 5 nitrogen and oxygen atoms in total. The summed E-state index contributed by atoms with van der Waals surface area (Å²) >= 11 is 0. The monoisotopic (exact) mass is 302 g/mol. The second-order valence-electron chi connectivity index (χ2n) is 6.05. The summed E-state index contributed by atoms with van der Waals surface area (Å²) in [7, 11) is 0. The molecule has 1 atom stereocenters. The lowest BCUT2D eigenvalue weighted by atomic mass is 9.75. The molecule has 4 N–H and O–H groups in total. The molecule has 0 aliphatic heterocycles. The lowest BCUT2D eigenvalue weighted by molar-refractivity contribution is 0.0177. The molecule has 0 saturated heterocycles. The molecule has 1 aliphatic rings. The quantitative estimate of drug-likeness (QED) is 0.639. The molecular weight excluding hydrogens is 280 g/mol. The number of aliphatic hydroxyl groups excluding tert-OH is 3. The molecule has 1 saturated carbocycles. The van der Waals surface area contributed by atoms with Crippen molar-refractivity contribution in [3.63, 3.8) is 0 Å². The average Bonchev–Trinajstić information content (AvgIpc) is 2.53. The smallest absolute Gasteiger partial charge is 0.0702 e. The van der Waals surface area contributed by atoms with E-state index >= 15 is 0 Å². The van der Waals surface area contributed by atoms with Gasteiger partial charge in [0, 0.05) is 17.6 Å². The van der Waals surface area contributed by atoms with Crippen molar-refractivity contribution in [2.45, 2.75) is 31.0 Å². The Labute approximate surface area is 129 Å². The number of fused-ring (bicyclic) bond motifs is 1. The SMILES string of the molecule is OCC(CO)N[C@@H](c1cnc2ccccc2c1)C1CC(O)C1. The molecule has 0 radical (unpaired) electrons. The maximum Gasteiger partial charge on any atom is 0.0702 e. The molecule has 3 rings (SSSR count). The highest BCUT2D eigenvalue weighted by Gasteiger charge is 2.35. The Balaban J connectivity index is 1.88. The van der Waals surface area contributed by atoms with Gasteiger partial charge < -0.3 is 20.6 Å². The summed E-state index contributed by atoms with van der Waals surface area (Å²) in [5.74, 6) is 0.290. The van der Waals surface area contributed by atoms with E-state index in [-0.39, 0.29) is 31.4 Å². The summed E-state index contributed by atoms with van der Waals surface area (Å²) in [6.45, 7) is -0.243. The van der Waals surface area contributed by atoms with E-state index in [0.29, 0.717) is 5.92 Å². The van der Waals surface area contributed by atoms with Gasteiger partial charge in [0.25, 0.3) is 0 Å². The third kappa shape index (κ3) is 3.13. The Morgan fingerprint density at radius 3 is 2.59 bits per heavy atom. The Hall–Kier alpha value is -1.53. The molecule has 0 spiro atoms. The van der Waals surface area contributed by atoms with E-state index in [0.717, 1.165) is 29.3 Å². The fourth-order valence-corrected chi connectivity index (χ4v) is 3.08. The molecule has 1 fully saturated rings. The average molecular weight is 302 g/mol. The van der Waals surface area contributed by atoms with E-state index in [1.54, 1.807) is 0 Å². The second kappa shape index (κ2) is 6.71. The van der Waals surface area contributed by atoms with Crippen LogP contribution in [0.3, 0.4) is 0 Å². The van der Waals surface area contributed by atoms with Gasteiger partial charge in [0.15, 0.2) is 0 Å². The highest BCUT2D eigenvalue weighted by atomic mass is 16.3. The van der Waals surface area contributed by atoms with Crippen molar-refractivity contribution in [1.82, 2.24) is 10.3 Å². The lowest BCUT2D eigenvalue weighted by Gasteiger charge is -2.39. The minimum atomic E-state index is -0.366. The lowest BCUT2D eigenvalue weighted by Crippen LogP contribution is -2.45.